The van der Waals surface area contributed by atoms with Crippen molar-refractivity contribution in [1.29, 1.82) is 0 Å². The molecule has 2 amide bonds. The number of anilines is 1. The molecule has 5 heteroatoms. The van der Waals surface area contributed by atoms with Gasteiger partial charge in [0.25, 0.3) is 5.91 Å². The number of fused-ring (bicyclic) bond motifs is 1. The standard InChI is InChI=1S/C21H22ClNO3/c1-12(2)14-8-7-9-15(13(3)4)17(14)23-18(24)16-10-5-6-11-21(16,19(22)25)20(23)26/h5-13,16H,1-4H3. The van der Waals surface area contributed by atoms with Gasteiger partial charge in [0.05, 0.1) is 11.6 Å². The van der Waals surface area contributed by atoms with Gasteiger partial charge in [-0.25, -0.2) is 4.90 Å². The summed E-state index contributed by atoms with van der Waals surface area (Å²) in [4.78, 5) is 40.0. The Hall–Kier alpha value is -2.20. The summed E-state index contributed by atoms with van der Waals surface area (Å²) in [5, 5.41) is -0.822. The fourth-order valence-corrected chi connectivity index (χ4v) is 4.06. The molecule has 0 N–H and O–H groups in total. The minimum Gasteiger partial charge on any atom is -0.280 e. The van der Waals surface area contributed by atoms with Crippen LogP contribution in [0.4, 0.5) is 5.69 Å². The predicted molar refractivity (Wildman–Crippen MR) is 102 cm³/mol. The number of amides is 2. The molecule has 0 bridgehead atoms. The fourth-order valence-electron chi connectivity index (χ4n) is 3.80. The van der Waals surface area contributed by atoms with Crippen LogP contribution in [-0.2, 0) is 14.4 Å². The summed E-state index contributed by atoms with van der Waals surface area (Å²) in [5.74, 6) is -1.64. The van der Waals surface area contributed by atoms with Crippen molar-refractivity contribution < 1.29 is 14.4 Å². The van der Waals surface area contributed by atoms with Crippen molar-refractivity contribution >= 4 is 34.3 Å². The predicted octanol–water partition coefficient (Wildman–Crippen LogP) is 4.30. The first-order valence-corrected chi connectivity index (χ1v) is 9.18. The topological polar surface area (TPSA) is 54.5 Å². The lowest BCUT2D eigenvalue weighted by atomic mass is 9.75. The molecule has 0 spiro atoms. The highest BCUT2D eigenvalue weighted by atomic mass is 35.5. The van der Waals surface area contributed by atoms with Gasteiger partial charge in [-0.1, -0.05) is 70.2 Å². The van der Waals surface area contributed by atoms with Gasteiger partial charge in [0.2, 0.25) is 11.1 Å². The van der Waals surface area contributed by atoms with Crippen molar-refractivity contribution in [1.82, 2.24) is 0 Å². The normalized spacial score (nSPS) is 24.7. The SMILES string of the molecule is CC(C)c1cccc(C(C)C)c1N1C(=O)C2C=CC=CC2(C(=O)Cl)C1=O. The van der Waals surface area contributed by atoms with Crippen LogP contribution in [0.25, 0.3) is 0 Å². The zero-order valence-corrected chi connectivity index (χ0v) is 16.1. The minimum atomic E-state index is -1.65. The number of rotatable bonds is 4. The number of benzene rings is 1. The second kappa shape index (κ2) is 6.51. The Morgan fingerprint density at radius 1 is 1.08 bits per heavy atom. The van der Waals surface area contributed by atoms with Crippen molar-refractivity contribution in [3.05, 3.63) is 53.6 Å². The van der Waals surface area contributed by atoms with Gasteiger partial charge >= 0.3 is 0 Å². The number of allylic oxidation sites excluding steroid dienone is 2. The lowest BCUT2D eigenvalue weighted by Crippen LogP contribution is -2.40. The van der Waals surface area contributed by atoms with Crippen molar-refractivity contribution in [2.45, 2.75) is 39.5 Å². The molecular weight excluding hydrogens is 350 g/mol. The molecule has 0 radical (unpaired) electrons. The van der Waals surface area contributed by atoms with Gasteiger partial charge < -0.3 is 0 Å². The molecule has 2 atom stereocenters. The highest BCUT2D eigenvalue weighted by molar-refractivity contribution is 6.68. The van der Waals surface area contributed by atoms with E-state index in [-0.39, 0.29) is 11.8 Å². The maximum Gasteiger partial charge on any atom is 0.253 e. The number of para-hydroxylation sites is 1. The smallest absolute Gasteiger partial charge is 0.253 e. The minimum absolute atomic E-state index is 0.112. The summed E-state index contributed by atoms with van der Waals surface area (Å²) in [6.45, 7) is 8.07. The van der Waals surface area contributed by atoms with E-state index in [0.717, 1.165) is 11.1 Å². The van der Waals surface area contributed by atoms with E-state index in [0.29, 0.717) is 5.69 Å². The van der Waals surface area contributed by atoms with E-state index in [4.69, 9.17) is 11.6 Å². The molecule has 1 heterocycles. The average Bonchev–Trinajstić information content (AvgIpc) is 2.83. The van der Waals surface area contributed by atoms with Gasteiger partial charge in [-0.05, 0) is 34.6 Å². The zero-order chi connectivity index (χ0) is 19.2. The van der Waals surface area contributed by atoms with Crippen molar-refractivity contribution in [3.63, 3.8) is 0 Å². The van der Waals surface area contributed by atoms with E-state index in [1.807, 2.05) is 45.9 Å². The molecule has 1 aromatic carbocycles. The third kappa shape index (κ3) is 2.47. The summed E-state index contributed by atoms with van der Waals surface area (Å²) in [6.07, 6.45) is 6.33. The molecule has 1 saturated heterocycles. The van der Waals surface area contributed by atoms with Crippen LogP contribution in [0.3, 0.4) is 0 Å². The van der Waals surface area contributed by atoms with Gasteiger partial charge in [-0.15, -0.1) is 0 Å². The molecule has 0 saturated carbocycles. The van der Waals surface area contributed by atoms with Gasteiger partial charge in [-0.2, -0.15) is 0 Å². The first kappa shape index (κ1) is 18.6. The monoisotopic (exact) mass is 371 g/mol. The van der Waals surface area contributed by atoms with E-state index < -0.39 is 28.4 Å². The molecule has 1 aliphatic carbocycles. The summed E-state index contributed by atoms with van der Waals surface area (Å²) in [6, 6.07) is 5.79. The molecule has 2 unspecified atom stereocenters. The Kier molecular flexibility index (Phi) is 4.65. The van der Waals surface area contributed by atoms with Crippen LogP contribution in [0, 0.1) is 11.3 Å². The van der Waals surface area contributed by atoms with Crippen LogP contribution < -0.4 is 4.90 Å². The van der Waals surface area contributed by atoms with Crippen LogP contribution in [0.1, 0.15) is 50.7 Å². The molecule has 1 aliphatic heterocycles. The Morgan fingerprint density at radius 2 is 1.65 bits per heavy atom. The highest BCUT2D eigenvalue weighted by Crippen LogP contribution is 2.48. The van der Waals surface area contributed by atoms with Crippen LogP contribution >= 0.6 is 11.6 Å². The van der Waals surface area contributed by atoms with E-state index >= 15 is 0 Å². The quantitative estimate of drug-likeness (QED) is 0.450. The summed E-state index contributed by atoms with van der Waals surface area (Å²) < 4.78 is 0. The number of carbonyl (C=O) groups is 3. The Morgan fingerprint density at radius 3 is 2.12 bits per heavy atom. The molecule has 0 aromatic heterocycles. The number of halogens is 1. The lowest BCUT2D eigenvalue weighted by Gasteiger charge is -2.27. The highest BCUT2D eigenvalue weighted by Gasteiger charge is 2.62. The van der Waals surface area contributed by atoms with Crippen LogP contribution in [0.2, 0.25) is 0 Å². The van der Waals surface area contributed by atoms with Gasteiger partial charge in [0, 0.05) is 0 Å². The number of imide groups is 1. The van der Waals surface area contributed by atoms with E-state index in [1.54, 1.807) is 18.2 Å². The van der Waals surface area contributed by atoms with Gasteiger partial charge in [0.15, 0.2) is 5.41 Å². The first-order valence-electron chi connectivity index (χ1n) is 8.80. The van der Waals surface area contributed by atoms with Gasteiger partial charge in [-0.3, -0.25) is 14.4 Å². The molecule has 1 aromatic rings. The van der Waals surface area contributed by atoms with E-state index in [9.17, 15) is 14.4 Å². The average molecular weight is 372 g/mol. The Balaban J connectivity index is 2.28. The van der Waals surface area contributed by atoms with Crippen molar-refractivity contribution in [2.24, 2.45) is 11.3 Å². The second-order valence-corrected chi connectivity index (χ2v) is 7.78. The molecule has 136 valence electrons. The summed E-state index contributed by atoms with van der Waals surface area (Å²) in [7, 11) is 0. The largest absolute Gasteiger partial charge is 0.280 e. The number of carbonyl (C=O) groups excluding carboxylic acids is 3. The second-order valence-electron chi connectivity index (χ2n) is 7.44. The number of hydrogen-bond donors (Lipinski definition) is 0. The summed E-state index contributed by atoms with van der Waals surface area (Å²) in [5.41, 5.74) is 0.760. The van der Waals surface area contributed by atoms with E-state index in [2.05, 4.69) is 0 Å². The van der Waals surface area contributed by atoms with Gasteiger partial charge in [0.1, 0.15) is 0 Å². The zero-order valence-electron chi connectivity index (χ0n) is 15.3. The van der Waals surface area contributed by atoms with Crippen molar-refractivity contribution in [3.8, 4) is 0 Å². The maximum atomic E-state index is 13.4. The third-order valence-corrected chi connectivity index (χ3v) is 5.51. The van der Waals surface area contributed by atoms with E-state index in [1.165, 1.54) is 11.0 Å². The van der Waals surface area contributed by atoms with Crippen molar-refractivity contribution in [2.75, 3.05) is 4.90 Å². The molecular formula is C21H22ClNO3. The van der Waals surface area contributed by atoms with Crippen LogP contribution in [0.5, 0.6) is 0 Å². The molecule has 2 aliphatic rings. The van der Waals surface area contributed by atoms with Crippen LogP contribution in [0.15, 0.2) is 42.5 Å². The first-order chi connectivity index (χ1) is 12.2. The molecule has 3 rings (SSSR count). The summed E-state index contributed by atoms with van der Waals surface area (Å²) >= 11 is 5.84. The number of nitrogens with zero attached hydrogens (tertiary/aromatic N) is 1. The number of hydrogen-bond acceptors (Lipinski definition) is 3. The fraction of sp³-hybridized carbons (Fsp3) is 0.381. The van der Waals surface area contributed by atoms with Crippen LogP contribution in [-0.4, -0.2) is 17.1 Å². The molecule has 1 fully saturated rings. The Labute approximate surface area is 158 Å². The third-order valence-electron chi connectivity index (χ3n) is 5.20. The molecule has 26 heavy (non-hydrogen) atoms. The molecule has 4 nitrogen and oxygen atoms in total. The maximum absolute atomic E-state index is 13.4. The Bertz CT molecular complexity index is 827. The lowest BCUT2D eigenvalue weighted by molar-refractivity contribution is -0.132.